The molecular weight excluding hydrogens is 226 g/mol. The van der Waals surface area contributed by atoms with Gasteiger partial charge in [-0.2, -0.15) is 0 Å². The Morgan fingerprint density at radius 2 is 2.22 bits per heavy atom. The molecule has 0 amide bonds. The van der Waals surface area contributed by atoms with Crippen LogP contribution >= 0.6 is 0 Å². The molecule has 96 valence electrons. The van der Waals surface area contributed by atoms with Crippen LogP contribution in [0, 0.1) is 12.3 Å². The Hall–Kier alpha value is -1.34. The van der Waals surface area contributed by atoms with Crippen LogP contribution < -0.4 is 5.32 Å². The zero-order valence-corrected chi connectivity index (χ0v) is 10.4. The summed E-state index contributed by atoms with van der Waals surface area (Å²) in [5, 5.41) is 13.2. The molecule has 2 rings (SSSR count). The maximum Gasteiger partial charge on any atom is 0.0953 e. The minimum atomic E-state index is -0.538. The second kappa shape index (κ2) is 6.55. The average molecular weight is 245 g/mol. The molecule has 0 bridgehead atoms. The van der Waals surface area contributed by atoms with Crippen molar-refractivity contribution < 1.29 is 9.84 Å². The van der Waals surface area contributed by atoms with Crippen LogP contribution in [0.25, 0.3) is 0 Å². The summed E-state index contributed by atoms with van der Waals surface area (Å²) in [6, 6.07) is 9.45. The van der Waals surface area contributed by atoms with E-state index in [-0.39, 0.29) is 12.1 Å². The van der Waals surface area contributed by atoms with Crippen molar-refractivity contribution in [3.63, 3.8) is 0 Å². The Kier molecular flexibility index (Phi) is 4.77. The number of hydrogen-bond acceptors (Lipinski definition) is 3. The van der Waals surface area contributed by atoms with Crippen molar-refractivity contribution in [2.45, 2.75) is 31.1 Å². The quantitative estimate of drug-likeness (QED) is 0.772. The van der Waals surface area contributed by atoms with E-state index in [4.69, 9.17) is 11.2 Å². The van der Waals surface area contributed by atoms with Crippen molar-refractivity contribution in [1.82, 2.24) is 5.32 Å². The van der Waals surface area contributed by atoms with E-state index in [1.807, 2.05) is 30.3 Å². The molecule has 1 fully saturated rings. The highest BCUT2D eigenvalue weighted by Gasteiger charge is 2.24. The first-order valence-electron chi connectivity index (χ1n) is 6.35. The summed E-state index contributed by atoms with van der Waals surface area (Å²) in [6.45, 7) is 1.23. The fourth-order valence-corrected chi connectivity index (χ4v) is 2.19. The van der Waals surface area contributed by atoms with Gasteiger partial charge in [0, 0.05) is 13.2 Å². The number of benzene rings is 1. The van der Waals surface area contributed by atoms with Crippen LogP contribution in [0.1, 0.15) is 24.5 Å². The highest BCUT2D eigenvalue weighted by Crippen LogP contribution is 2.16. The highest BCUT2D eigenvalue weighted by molar-refractivity contribution is 5.17. The zero-order chi connectivity index (χ0) is 12.8. The molecule has 1 heterocycles. The lowest BCUT2D eigenvalue weighted by Crippen LogP contribution is -2.40. The topological polar surface area (TPSA) is 41.5 Å². The van der Waals surface area contributed by atoms with Crippen LogP contribution in [0.5, 0.6) is 0 Å². The third kappa shape index (κ3) is 3.33. The van der Waals surface area contributed by atoms with E-state index in [1.54, 1.807) is 0 Å². The molecule has 2 N–H and O–H groups in total. The SMILES string of the molecule is C#C[C@@H](NC[C@@H](O)c1ccccc1)[C@H]1CCCO1. The van der Waals surface area contributed by atoms with E-state index in [9.17, 15) is 5.11 Å². The van der Waals surface area contributed by atoms with Gasteiger partial charge >= 0.3 is 0 Å². The Bertz CT molecular complexity index is 393. The predicted octanol–water partition coefficient (Wildman–Crippen LogP) is 1.49. The van der Waals surface area contributed by atoms with Crippen molar-refractivity contribution in [1.29, 1.82) is 0 Å². The van der Waals surface area contributed by atoms with Crippen LogP contribution in [-0.2, 0) is 4.74 Å². The first-order valence-corrected chi connectivity index (χ1v) is 6.35. The van der Waals surface area contributed by atoms with Gasteiger partial charge in [0.2, 0.25) is 0 Å². The molecule has 0 spiro atoms. The standard InChI is InChI=1S/C15H19NO2/c1-2-13(15-9-6-10-18-15)16-11-14(17)12-7-4-3-5-8-12/h1,3-5,7-8,13-17H,6,9-11H2/t13-,14-,15-/m1/s1. The average Bonchev–Trinajstić information content (AvgIpc) is 2.94. The molecule has 0 aromatic heterocycles. The summed E-state index contributed by atoms with van der Waals surface area (Å²) in [6.07, 6.45) is 7.10. The Morgan fingerprint density at radius 3 is 2.83 bits per heavy atom. The second-order valence-corrected chi connectivity index (χ2v) is 4.53. The first kappa shape index (κ1) is 13.1. The molecule has 3 nitrogen and oxygen atoms in total. The fraction of sp³-hybridized carbons (Fsp3) is 0.467. The number of ether oxygens (including phenoxy) is 1. The fourth-order valence-electron chi connectivity index (χ4n) is 2.19. The lowest BCUT2D eigenvalue weighted by Gasteiger charge is -2.21. The van der Waals surface area contributed by atoms with Gasteiger partial charge in [-0.05, 0) is 18.4 Å². The molecule has 0 aliphatic carbocycles. The second-order valence-electron chi connectivity index (χ2n) is 4.53. The molecule has 1 aromatic rings. The Balaban J connectivity index is 1.84. The third-order valence-corrected chi connectivity index (χ3v) is 3.23. The summed E-state index contributed by atoms with van der Waals surface area (Å²) in [5.41, 5.74) is 0.896. The molecule has 3 heteroatoms. The molecule has 18 heavy (non-hydrogen) atoms. The Morgan fingerprint density at radius 1 is 1.44 bits per heavy atom. The predicted molar refractivity (Wildman–Crippen MR) is 71.0 cm³/mol. The number of aliphatic hydroxyl groups excluding tert-OH is 1. The van der Waals surface area contributed by atoms with Crippen molar-refractivity contribution in [3.05, 3.63) is 35.9 Å². The van der Waals surface area contributed by atoms with Gasteiger partial charge < -0.3 is 9.84 Å². The van der Waals surface area contributed by atoms with E-state index >= 15 is 0 Å². The largest absolute Gasteiger partial charge is 0.387 e. The monoisotopic (exact) mass is 245 g/mol. The van der Waals surface area contributed by atoms with Crippen LogP contribution in [0.3, 0.4) is 0 Å². The lowest BCUT2D eigenvalue weighted by atomic mass is 10.1. The molecule has 1 aromatic carbocycles. The van der Waals surface area contributed by atoms with E-state index in [0.717, 1.165) is 25.0 Å². The van der Waals surface area contributed by atoms with Crippen LogP contribution in [0.15, 0.2) is 30.3 Å². The van der Waals surface area contributed by atoms with Gasteiger partial charge in [-0.3, -0.25) is 5.32 Å². The van der Waals surface area contributed by atoms with Gasteiger partial charge in [-0.25, -0.2) is 0 Å². The van der Waals surface area contributed by atoms with E-state index in [0.29, 0.717) is 6.54 Å². The van der Waals surface area contributed by atoms with Gasteiger partial charge in [0.25, 0.3) is 0 Å². The number of rotatable bonds is 5. The molecule has 0 unspecified atom stereocenters. The van der Waals surface area contributed by atoms with E-state index in [2.05, 4.69) is 11.2 Å². The van der Waals surface area contributed by atoms with Crippen LogP contribution in [-0.4, -0.2) is 30.4 Å². The molecule has 1 aliphatic heterocycles. The summed E-state index contributed by atoms with van der Waals surface area (Å²) >= 11 is 0. The van der Waals surface area contributed by atoms with Gasteiger partial charge in [-0.1, -0.05) is 36.3 Å². The van der Waals surface area contributed by atoms with Crippen molar-refractivity contribution in [2.75, 3.05) is 13.2 Å². The number of terminal acetylenes is 1. The molecule has 0 radical (unpaired) electrons. The molecule has 1 aliphatic rings. The molecule has 0 saturated carbocycles. The number of nitrogens with one attached hydrogen (secondary N) is 1. The number of aliphatic hydroxyl groups is 1. The van der Waals surface area contributed by atoms with Crippen LogP contribution in [0.2, 0.25) is 0 Å². The number of hydrogen-bond donors (Lipinski definition) is 2. The first-order chi connectivity index (χ1) is 8.81. The van der Waals surface area contributed by atoms with Crippen molar-refractivity contribution in [2.24, 2.45) is 0 Å². The Labute approximate surface area is 108 Å². The van der Waals surface area contributed by atoms with Crippen molar-refractivity contribution in [3.8, 4) is 12.3 Å². The zero-order valence-electron chi connectivity index (χ0n) is 10.4. The van der Waals surface area contributed by atoms with Gasteiger partial charge in [0.1, 0.15) is 0 Å². The van der Waals surface area contributed by atoms with E-state index < -0.39 is 6.10 Å². The smallest absolute Gasteiger partial charge is 0.0953 e. The minimum absolute atomic E-state index is 0.0815. The normalized spacial score (nSPS) is 22.3. The summed E-state index contributed by atoms with van der Waals surface area (Å²) in [5.74, 6) is 2.70. The summed E-state index contributed by atoms with van der Waals surface area (Å²) < 4.78 is 5.56. The maximum absolute atomic E-state index is 10.0. The molecule has 1 saturated heterocycles. The maximum atomic E-state index is 10.0. The minimum Gasteiger partial charge on any atom is -0.387 e. The summed E-state index contributed by atoms with van der Waals surface area (Å²) in [4.78, 5) is 0. The highest BCUT2D eigenvalue weighted by atomic mass is 16.5. The third-order valence-electron chi connectivity index (χ3n) is 3.23. The summed E-state index contributed by atoms with van der Waals surface area (Å²) in [7, 11) is 0. The van der Waals surface area contributed by atoms with Gasteiger partial charge in [-0.15, -0.1) is 6.42 Å². The van der Waals surface area contributed by atoms with E-state index in [1.165, 1.54) is 0 Å². The molecule has 3 atom stereocenters. The van der Waals surface area contributed by atoms with Gasteiger partial charge in [0.05, 0.1) is 18.2 Å². The van der Waals surface area contributed by atoms with Crippen LogP contribution in [0.4, 0.5) is 0 Å². The van der Waals surface area contributed by atoms with Crippen molar-refractivity contribution >= 4 is 0 Å². The van der Waals surface area contributed by atoms with Gasteiger partial charge in [0.15, 0.2) is 0 Å². The molecular formula is C15H19NO2. The lowest BCUT2D eigenvalue weighted by molar-refractivity contribution is 0.0868.